The van der Waals surface area contributed by atoms with Gasteiger partial charge in [-0.15, -0.1) is 0 Å². The summed E-state index contributed by atoms with van der Waals surface area (Å²) in [4.78, 5) is 0.294. The van der Waals surface area contributed by atoms with E-state index in [0.29, 0.717) is 17.9 Å². The number of hydrogen-bond donors (Lipinski definition) is 1. The minimum atomic E-state index is -3.48. The Hall–Kier alpha value is -2.31. The van der Waals surface area contributed by atoms with Crippen LogP contribution in [-0.4, -0.2) is 26.6 Å². The van der Waals surface area contributed by atoms with Crippen LogP contribution in [-0.2, 0) is 23.0 Å². The zero-order valence-corrected chi connectivity index (χ0v) is 16.2. The maximum Gasteiger partial charge on any atom is 0.240 e. The van der Waals surface area contributed by atoms with Crippen molar-refractivity contribution < 1.29 is 13.2 Å². The van der Waals surface area contributed by atoms with Crippen LogP contribution >= 0.6 is 0 Å². The second-order valence-electron chi connectivity index (χ2n) is 7.09. The van der Waals surface area contributed by atoms with Crippen LogP contribution in [0.4, 0.5) is 0 Å². The van der Waals surface area contributed by atoms with Crippen LogP contribution in [0.1, 0.15) is 18.4 Å². The standard InChI is InChI=1S/C21H24N2O3S/c1-26-18-9-10-21-20(13-18)17(15-23(21)14-16-7-8-16)11-12-22-27(24,25)19-5-3-2-4-6-19/h2-6,9-10,13,15-16,22H,7-8,11-12,14H2,1H3. The summed E-state index contributed by atoms with van der Waals surface area (Å²) in [5.41, 5.74) is 2.32. The van der Waals surface area contributed by atoms with Crippen LogP contribution in [0.15, 0.2) is 59.6 Å². The van der Waals surface area contributed by atoms with E-state index in [1.165, 1.54) is 18.4 Å². The molecule has 6 heteroatoms. The number of ether oxygens (including phenoxy) is 1. The van der Waals surface area contributed by atoms with E-state index in [4.69, 9.17) is 4.74 Å². The molecule has 3 aromatic rings. The van der Waals surface area contributed by atoms with Gasteiger partial charge in [0.05, 0.1) is 12.0 Å². The number of hydrogen-bond acceptors (Lipinski definition) is 3. The maximum atomic E-state index is 12.4. The van der Waals surface area contributed by atoms with Crippen LogP contribution in [0.25, 0.3) is 10.9 Å². The monoisotopic (exact) mass is 384 g/mol. The van der Waals surface area contributed by atoms with Crippen molar-refractivity contribution in [1.29, 1.82) is 0 Å². The molecule has 0 amide bonds. The summed E-state index contributed by atoms with van der Waals surface area (Å²) < 4.78 is 35.2. The number of rotatable bonds is 8. The van der Waals surface area contributed by atoms with Crippen molar-refractivity contribution >= 4 is 20.9 Å². The number of benzene rings is 2. The first kappa shape index (κ1) is 18.1. The molecule has 1 aromatic heterocycles. The van der Waals surface area contributed by atoms with E-state index in [9.17, 15) is 8.42 Å². The van der Waals surface area contributed by atoms with Gasteiger partial charge in [-0.1, -0.05) is 18.2 Å². The largest absolute Gasteiger partial charge is 0.497 e. The Bertz CT molecular complexity index is 1040. The van der Waals surface area contributed by atoms with Crippen molar-refractivity contribution in [3.05, 3.63) is 60.3 Å². The van der Waals surface area contributed by atoms with Gasteiger partial charge < -0.3 is 9.30 Å². The Morgan fingerprint density at radius 2 is 1.93 bits per heavy atom. The second kappa shape index (κ2) is 7.37. The maximum absolute atomic E-state index is 12.4. The molecule has 0 aliphatic heterocycles. The molecule has 1 heterocycles. The Morgan fingerprint density at radius 1 is 1.15 bits per heavy atom. The molecule has 1 aliphatic rings. The van der Waals surface area contributed by atoms with Crippen molar-refractivity contribution in [2.45, 2.75) is 30.7 Å². The van der Waals surface area contributed by atoms with E-state index < -0.39 is 10.0 Å². The molecule has 0 saturated heterocycles. The van der Waals surface area contributed by atoms with Crippen molar-refractivity contribution in [3.8, 4) is 5.75 Å². The third-order valence-electron chi connectivity index (χ3n) is 5.06. The van der Waals surface area contributed by atoms with Gasteiger partial charge in [0.1, 0.15) is 5.75 Å². The zero-order valence-electron chi connectivity index (χ0n) is 15.4. The molecule has 142 valence electrons. The molecule has 0 spiro atoms. The fraction of sp³-hybridized carbons (Fsp3) is 0.333. The average molecular weight is 385 g/mol. The van der Waals surface area contributed by atoms with E-state index in [1.807, 2.05) is 12.1 Å². The lowest BCUT2D eigenvalue weighted by Gasteiger charge is -2.06. The van der Waals surface area contributed by atoms with Gasteiger partial charge in [0.25, 0.3) is 0 Å². The summed E-state index contributed by atoms with van der Waals surface area (Å²) in [7, 11) is -1.82. The molecule has 1 fully saturated rings. The molecule has 1 saturated carbocycles. The SMILES string of the molecule is COc1ccc2c(c1)c(CCNS(=O)(=O)c1ccccc1)cn2CC1CC1. The Balaban J connectivity index is 1.54. The fourth-order valence-electron chi connectivity index (χ4n) is 3.41. The van der Waals surface area contributed by atoms with Crippen molar-refractivity contribution in [2.24, 2.45) is 5.92 Å². The summed E-state index contributed by atoms with van der Waals surface area (Å²) in [6, 6.07) is 14.6. The third-order valence-corrected chi connectivity index (χ3v) is 6.54. The molecule has 0 bridgehead atoms. The van der Waals surface area contributed by atoms with Crippen LogP contribution in [0.2, 0.25) is 0 Å². The molecule has 2 aromatic carbocycles. The fourth-order valence-corrected chi connectivity index (χ4v) is 4.46. The Kier molecular flexibility index (Phi) is 4.93. The highest BCUT2D eigenvalue weighted by molar-refractivity contribution is 7.89. The predicted octanol–water partition coefficient (Wildman–Crippen LogP) is 3.58. The van der Waals surface area contributed by atoms with E-state index in [1.54, 1.807) is 37.4 Å². The first-order valence-corrected chi connectivity index (χ1v) is 10.8. The molecule has 4 rings (SSSR count). The molecule has 0 unspecified atom stereocenters. The molecular weight excluding hydrogens is 360 g/mol. The summed E-state index contributed by atoms with van der Waals surface area (Å²) in [5, 5.41) is 1.13. The van der Waals surface area contributed by atoms with Crippen LogP contribution in [0.3, 0.4) is 0 Å². The molecule has 0 radical (unpaired) electrons. The number of methoxy groups -OCH3 is 1. The number of nitrogens with one attached hydrogen (secondary N) is 1. The van der Waals surface area contributed by atoms with Crippen LogP contribution in [0.5, 0.6) is 5.75 Å². The lowest BCUT2D eigenvalue weighted by Crippen LogP contribution is -2.25. The lowest BCUT2D eigenvalue weighted by atomic mass is 10.1. The zero-order chi connectivity index (χ0) is 18.9. The average Bonchev–Trinajstić information content (AvgIpc) is 3.44. The quantitative estimate of drug-likeness (QED) is 0.646. The minimum Gasteiger partial charge on any atom is -0.497 e. The highest BCUT2D eigenvalue weighted by Gasteiger charge is 2.23. The first-order chi connectivity index (χ1) is 13.1. The summed E-state index contributed by atoms with van der Waals surface area (Å²) in [5.74, 6) is 1.59. The van der Waals surface area contributed by atoms with Crippen molar-refractivity contribution in [2.75, 3.05) is 13.7 Å². The third kappa shape index (κ3) is 4.01. The predicted molar refractivity (Wildman–Crippen MR) is 107 cm³/mol. The molecule has 5 nitrogen and oxygen atoms in total. The van der Waals surface area contributed by atoms with Crippen LogP contribution in [0, 0.1) is 5.92 Å². The highest BCUT2D eigenvalue weighted by Crippen LogP contribution is 2.34. The first-order valence-electron chi connectivity index (χ1n) is 9.27. The Labute approximate surface area is 160 Å². The summed E-state index contributed by atoms with van der Waals surface area (Å²) in [6.07, 6.45) is 5.39. The lowest BCUT2D eigenvalue weighted by molar-refractivity contribution is 0.415. The van der Waals surface area contributed by atoms with Gasteiger partial charge in [0, 0.05) is 30.2 Å². The second-order valence-corrected chi connectivity index (χ2v) is 8.86. The van der Waals surface area contributed by atoms with Gasteiger partial charge in [-0.2, -0.15) is 0 Å². The minimum absolute atomic E-state index is 0.294. The van der Waals surface area contributed by atoms with E-state index in [0.717, 1.165) is 29.2 Å². The molecule has 27 heavy (non-hydrogen) atoms. The normalized spacial score (nSPS) is 14.6. The van der Waals surface area contributed by atoms with Gasteiger partial charge >= 0.3 is 0 Å². The molecular formula is C21H24N2O3S. The topological polar surface area (TPSA) is 60.3 Å². The number of nitrogens with zero attached hydrogens (tertiary/aromatic N) is 1. The smallest absolute Gasteiger partial charge is 0.240 e. The number of aromatic nitrogens is 1. The van der Waals surface area contributed by atoms with Gasteiger partial charge in [-0.3, -0.25) is 0 Å². The van der Waals surface area contributed by atoms with Gasteiger partial charge in [-0.05, 0) is 61.1 Å². The molecule has 0 atom stereocenters. The summed E-state index contributed by atoms with van der Waals surface area (Å²) in [6.45, 7) is 1.38. The number of fused-ring (bicyclic) bond motifs is 1. The molecule has 1 aliphatic carbocycles. The van der Waals surface area contributed by atoms with Crippen LogP contribution < -0.4 is 9.46 Å². The highest BCUT2D eigenvalue weighted by atomic mass is 32.2. The molecule has 1 N–H and O–H groups in total. The Morgan fingerprint density at radius 3 is 2.63 bits per heavy atom. The van der Waals surface area contributed by atoms with E-state index >= 15 is 0 Å². The summed E-state index contributed by atoms with van der Waals surface area (Å²) >= 11 is 0. The van der Waals surface area contributed by atoms with Gasteiger partial charge in [-0.25, -0.2) is 13.1 Å². The van der Waals surface area contributed by atoms with Gasteiger partial charge in [0.2, 0.25) is 10.0 Å². The number of sulfonamides is 1. The van der Waals surface area contributed by atoms with Crippen molar-refractivity contribution in [3.63, 3.8) is 0 Å². The van der Waals surface area contributed by atoms with E-state index in [-0.39, 0.29) is 0 Å². The van der Waals surface area contributed by atoms with Gasteiger partial charge in [0.15, 0.2) is 0 Å². The van der Waals surface area contributed by atoms with Crippen molar-refractivity contribution in [1.82, 2.24) is 9.29 Å². The van der Waals surface area contributed by atoms with E-state index in [2.05, 4.69) is 21.6 Å².